The van der Waals surface area contributed by atoms with Gasteiger partial charge in [-0.15, -0.1) is 0 Å². The van der Waals surface area contributed by atoms with E-state index < -0.39 is 0 Å². The molecular weight excluding hydrogens is 1040 g/mol. The van der Waals surface area contributed by atoms with Crippen molar-refractivity contribution in [2.45, 2.75) is 91.4 Å². The van der Waals surface area contributed by atoms with E-state index >= 15 is 0 Å². The monoisotopic (exact) mass is 1100 g/mol. The molecule has 0 saturated carbocycles. The van der Waals surface area contributed by atoms with Gasteiger partial charge in [-0.25, -0.2) is 0 Å². The van der Waals surface area contributed by atoms with Crippen LogP contribution < -0.4 is 9.47 Å². The number of rotatable bonds is 7. The van der Waals surface area contributed by atoms with Crippen molar-refractivity contribution in [1.82, 2.24) is 18.7 Å². The zero-order chi connectivity index (χ0) is 48.7. The predicted octanol–water partition coefficient (Wildman–Crippen LogP) is 15.9. The minimum absolute atomic E-state index is 0.0417. The normalized spacial score (nSPS) is 13.2. The molecule has 0 N–H and O–H groups in total. The summed E-state index contributed by atoms with van der Waals surface area (Å²) in [5, 5.41) is 2.24. The van der Waals surface area contributed by atoms with E-state index in [1.807, 2.05) is 24.4 Å². The number of hydrogen-bond acceptors (Lipinski definition) is 3. The van der Waals surface area contributed by atoms with Gasteiger partial charge >= 0.3 is 346 Å². The minimum atomic E-state index is -0.0541. The molecule has 1 aliphatic rings. The summed E-state index contributed by atoms with van der Waals surface area (Å²) >= 11 is 2.51. The fraction of sp³-hybridized carbons (Fsp3) is 0.238. The van der Waals surface area contributed by atoms with E-state index in [0.29, 0.717) is 11.5 Å². The molecule has 0 aliphatic carbocycles. The second-order valence-corrected chi connectivity index (χ2v) is 22.8. The van der Waals surface area contributed by atoms with Crippen molar-refractivity contribution in [1.29, 1.82) is 0 Å². The van der Waals surface area contributed by atoms with Crippen LogP contribution in [0.5, 0.6) is 17.2 Å². The third kappa shape index (κ3) is 8.24. The zero-order valence-electron chi connectivity index (χ0n) is 41.5. The molecular formula is C63H58N4O2Pt-2. The summed E-state index contributed by atoms with van der Waals surface area (Å²) in [7, 11) is 0. The zero-order valence-corrected chi connectivity index (χ0v) is 43.7. The molecule has 70 heavy (non-hydrogen) atoms. The third-order valence-electron chi connectivity index (χ3n) is 13.8. The van der Waals surface area contributed by atoms with Crippen LogP contribution in [0.25, 0.3) is 72.3 Å². The third-order valence-corrected chi connectivity index (χ3v) is 14.8. The van der Waals surface area contributed by atoms with E-state index in [9.17, 15) is 0 Å². The van der Waals surface area contributed by atoms with Crippen LogP contribution >= 0.6 is 0 Å². The van der Waals surface area contributed by atoms with Gasteiger partial charge in [-0.1, -0.05) is 20.8 Å². The van der Waals surface area contributed by atoms with Gasteiger partial charge in [0.1, 0.15) is 5.75 Å². The predicted molar refractivity (Wildman–Crippen MR) is 283 cm³/mol. The Balaban J connectivity index is 1.06. The first-order valence-corrected chi connectivity index (χ1v) is 25.5. The molecule has 10 aromatic rings. The molecule has 7 aromatic carbocycles. The van der Waals surface area contributed by atoms with E-state index in [1.165, 1.54) is 33.4 Å². The molecule has 0 amide bonds. The van der Waals surface area contributed by atoms with Crippen LogP contribution in [-0.4, -0.2) is 25.3 Å². The molecule has 0 atom stereocenters. The standard InChI is InChI=1S/C63H58N4O2.Pt/c1-61(2,3)44-29-30-64-59(36-44)67-56-38-49(27-28-52(56)53-34-42-20-17-31-68-58(42)39-57(53)67)69-48-22-15-21-47(37-48)65-40-66(55-26-14-13-25-54(55)65)60-50(41-18-11-10-12-19-41)23-16-24-51(60)43-32-45(62(4,5)6)35-46(33-43)63(7,8)9;/h10-16,18-19,21-30,32-36,39H,17,20,31H2,1-9H3;/q-2;. The van der Waals surface area contributed by atoms with Gasteiger partial charge in [0, 0.05) is 6.20 Å². The van der Waals surface area contributed by atoms with E-state index in [1.54, 1.807) is 0 Å². The molecule has 1 aliphatic heterocycles. The van der Waals surface area contributed by atoms with Crippen LogP contribution in [0.15, 0.2) is 152 Å². The number of nitrogens with zero attached hydrogens (tertiary/aromatic N) is 4. The second-order valence-electron chi connectivity index (χ2n) is 21.8. The van der Waals surface area contributed by atoms with Gasteiger partial charge in [0.15, 0.2) is 0 Å². The summed E-state index contributed by atoms with van der Waals surface area (Å²) in [6.45, 7) is 21.3. The Morgan fingerprint density at radius 1 is 0.557 bits per heavy atom. The first-order valence-electron chi connectivity index (χ1n) is 24.4. The number of aryl methyl sites for hydroxylation is 1. The summed E-state index contributed by atoms with van der Waals surface area (Å²) < 4.78 is 21.0. The molecule has 4 heterocycles. The number of fused-ring (bicyclic) bond motifs is 5. The molecule has 7 heteroatoms. The Labute approximate surface area is 422 Å². The number of imidazole rings is 1. The summed E-state index contributed by atoms with van der Waals surface area (Å²) in [6, 6.07) is 59.9. The van der Waals surface area contributed by atoms with Gasteiger partial charge in [0.25, 0.3) is 0 Å². The Hall–Kier alpha value is -6.75. The summed E-state index contributed by atoms with van der Waals surface area (Å²) in [5.41, 5.74) is 15.7. The number of hydrogen-bond donors (Lipinski definition) is 0. The number of aromatic nitrogens is 4. The first-order chi connectivity index (χ1) is 33.5. The Kier molecular flexibility index (Phi) is 11.3. The molecule has 0 saturated heterocycles. The van der Waals surface area contributed by atoms with Crippen LogP contribution in [0, 0.1) is 15.9 Å². The molecule has 0 bridgehead atoms. The van der Waals surface area contributed by atoms with E-state index in [4.69, 9.17) is 14.5 Å². The maximum atomic E-state index is 6.80. The number of ether oxygens (including phenoxy) is 2. The Morgan fingerprint density at radius 3 is 1.93 bits per heavy atom. The van der Waals surface area contributed by atoms with Gasteiger partial charge in [-0.2, -0.15) is 0 Å². The molecule has 0 unspecified atom stereocenters. The molecule has 354 valence electrons. The van der Waals surface area contributed by atoms with Gasteiger partial charge < -0.3 is 4.74 Å². The van der Waals surface area contributed by atoms with E-state index in [2.05, 4.69) is 235 Å². The summed E-state index contributed by atoms with van der Waals surface area (Å²) in [5.74, 6) is 2.96. The SMILES string of the molecule is CC(C)(C)c1cc(-c2cccc(-c3ccccc3)c2-n2[c](=[Pt])n(-c3[c-]c(Oc4[c-]c5c(cc4)c4cc6c(cc4n5-c4cc(C(C)(C)C)ccn4)OCCC6)ccc3)c3ccccc32)cc(C(C)(C)C)c1. The van der Waals surface area contributed by atoms with E-state index in [-0.39, 0.29) is 16.2 Å². The van der Waals surface area contributed by atoms with Crippen LogP contribution in [0.3, 0.4) is 0 Å². The second kappa shape index (κ2) is 17.3. The van der Waals surface area contributed by atoms with Gasteiger partial charge in [0.05, 0.1) is 6.61 Å². The average Bonchev–Trinajstić information content (AvgIpc) is 3.82. The molecule has 3 aromatic heterocycles. The molecule has 11 rings (SSSR count). The quantitative estimate of drug-likeness (QED) is 0.149. The van der Waals surface area contributed by atoms with Gasteiger partial charge in [-0.3, -0.25) is 0 Å². The molecule has 0 radical (unpaired) electrons. The van der Waals surface area contributed by atoms with Crippen molar-refractivity contribution >= 4 is 32.8 Å². The summed E-state index contributed by atoms with van der Waals surface area (Å²) in [4.78, 5) is 4.95. The van der Waals surface area contributed by atoms with Gasteiger partial charge in [0.2, 0.25) is 0 Å². The molecule has 0 fully saturated rings. The van der Waals surface area contributed by atoms with E-state index in [0.717, 1.165) is 90.2 Å². The fourth-order valence-corrected chi connectivity index (χ4v) is 11.0. The van der Waals surface area contributed by atoms with Crippen molar-refractivity contribution in [3.63, 3.8) is 0 Å². The topological polar surface area (TPSA) is 46.1 Å². The maximum absolute atomic E-state index is 6.80. The number of para-hydroxylation sites is 3. The van der Waals surface area contributed by atoms with Crippen molar-refractivity contribution < 1.29 is 28.8 Å². The van der Waals surface area contributed by atoms with Crippen molar-refractivity contribution in [3.8, 4) is 56.7 Å². The molecule has 6 nitrogen and oxygen atoms in total. The number of pyridine rings is 1. The number of benzene rings is 7. The van der Waals surface area contributed by atoms with Crippen LogP contribution in [0.2, 0.25) is 0 Å². The fourth-order valence-electron chi connectivity index (χ4n) is 9.89. The van der Waals surface area contributed by atoms with Crippen molar-refractivity contribution in [2.75, 3.05) is 6.61 Å². The average molecular weight is 1100 g/mol. The van der Waals surface area contributed by atoms with Crippen LogP contribution in [0.1, 0.15) is 91.0 Å². The Morgan fingerprint density at radius 2 is 1.21 bits per heavy atom. The molecule has 0 spiro atoms. The van der Waals surface area contributed by atoms with Crippen molar-refractivity contribution in [2.24, 2.45) is 0 Å². The first kappa shape index (κ1) is 45.7. The van der Waals surface area contributed by atoms with Crippen LogP contribution in [0.4, 0.5) is 0 Å². The van der Waals surface area contributed by atoms with Crippen LogP contribution in [-0.2, 0) is 42.0 Å². The Bertz CT molecular complexity index is 3690. The van der Waals surface area contributed by atoms with Gasteiger partial charge in [-0.05, 0) is 35.4 Å². The summed E-state index contributed by atoms with van der Waals surface area (Å²) in [6.07, 6.45) is 3.91. The van der Waals surface area contributed by atoms with Crippen molar-refractivity contribution in [3.05, 3.63) is 190 Å².